The molecule has 0 atom stereocenters. The molecule has 3 nitrogen and oxygen atoms in total. The van der Waals surface area contributed by atoms with Crippen molar-refractivity contribution in [3.8, 4) is 0 Å². The van der Waals surface area contributed by atoms with Gasteiger partial charge in [-0.25, -0.2) is 0 Å². The molecule has 1 aromatic heterocycles. The molecule has 0 amide bonds. The van der Waals surface area contributed by atoms with Crippen molar-refractivity contribution in [1.82, 2.24) is 10.3 Å². The van der Waals surface area contributed by atoms with Gasteiger partial charge in [0.15, 0.2) is 0 Å². The highest BCUT2D eigenvalue weighted by Gasteiger charge is 2.32. The van der Waals surface area contributed by atoms with Gasteiger partial charge in [-0.15, -0.1) is 0 Å². The third-order valence-corrected chi connectivity index (χ3v) is 3.80. The summed E-state index contributed by atoms with van der Waals surface area (Å²) in [5.41, 5.74) is 2.40. The normalized spacial score (nSPS) is 18.5. The average Bonchev–Trinajstić information content (AvgIpc) is 2.81. The van der Waals surface area contributed by atoms with Crippen LogP contribution < -0.4 is 5.32 Å². The van der Waals surface area contributed by atoms with Crippen molar-refractivity contribution in [2.45, 2.75) is 39.2 Å². The minimum atomic E-state index is 0.137. The largest absolute Gasteiger partial charge is 0.396 e. The van der Waals surface area contributed by atoms with Crippen LogP contribution >= 0.6 is 0 Å². The van der Waals surface area contributed by atoms with E-state index >= 15 is 0 Å². The molecule has 0 bridgehead atoms. The first-order valence-corrected chi connectivity index (χ1v) is 6.47. The quantitative estimate of drug-likeness (QED) is 0.819. The van der Waals surface area contributed by atoms with Crippen LogP contribution in [0, 0.1) is 12.3 Å². The lowest BCUT2D eigenvalue weighted by Gasteiger charge is -2.26. The van der Waals surface area contributed by atoms with Crippen LogP contribution in [0.5, 0.6) is 0 Å². The highest BCUT2D eigenvalue weighted by Crippen LogP contribution is 2.36. The highest BCUT2D eigenvalue weighted by molar-refractivity contribution is 5.12. The molecule has 1 fully saturated rings. The van der Waals surface area contributed by atoms with Gasteiger partial charge >= 0.3 is 0 Å². The lowest BCUT2D eigenvalue weighted by molar-refractivity contribution is 0.128. The zero-order chi connectivity index (χ0) is 12.1. The van der Waals surface area contributed by atoms with Gasteiger partial charge in [0.25, 0.3) is 0 Å². The van der Waals surface area contributed by atoms with E-state index in [2.05, 4.69) is 16.4 Å². The Morgan fingerprint density at radius 3 is 2.71 bits per heavy atom. The van der Waals surface area contributed by atoms with E-state index in [0.29, 0.717) is 6.61 Å². The summed E-state index contributed by atoms with van der Waals surface area (Å²) in [6.07, 6.45) is 6.75. The van der Waals surface area contributed by atoms with Crippen molar-refractivity contribution in [2.75, 3.05) is 13.2 Å². The highest BCUT2D eigenvalue weighted by atomic mass is 16.3. The molecule has 0 radical (unpaired) electrons. The van der Waals surface area contributed by atoms with Gasteiger partial charge in [-0.05, 0) is 31.4 Å². The first-order valence-electron chi connectivity index (χ1n) is 6.47. The summed E-state index contributed by atoms with van der Waals surface area (Å²) in [7, 11) is 0. The van der Waals surface area contributed by atoms with Gasteiger partial charge in [-0.3, -0.25) is 4.98 Å². The number of rotatable bonds is 5. The molecule has 0 aliphatic heterocycles. The van der Waals surface area contributed by atoms with Crippen LogP contribution in [0.1, 0.15) is 36.9 Å². The van der Waals surface area contributed by atoms with Gasteiger partial charge in [0.1, 0.15) is 0 Å². The fourth-order valence-corrected chi connectivity index (χ4v) is 2.59. The lowest BCUT2D eigenvalue weighted by atomic mass is 9.87. The SMILES string of the molecule is Cc1ccc(CNCC2(CO)CCCC2)cn1. The monoisotopic (exact) mass is 234 g/mol. The fraction of sp³-hybridized carbons (Fsp3) is 0.643. The first kappa shape index (κ1) is 12.5. The van der Waals surface area contributed by atoms with Crippen molar-refractivity contribution in [2.24, 2.45) is 5.41 Å². The molecule has 0 aromatic carbocycles. The van der Waals surface area contributed by atoms with E-state index in [1.54, 1.807) is 0 Å². The van der Waals surface area contributed by atoms with E-state index in [1.807, 2.05) is 19.2 Å². The Labute approximate surface area is 103 Å². The number of aromatic nitrogens is 1. The van der Waals surface area contributed by atoms with Crippen LogP contribution in [0.25, 0.3) is 0 Å². The number of aliphatic hydroxyl groups is 1. The predicted molar refractivity (Wildman–Crippen MR) is 68.7 cm³/mol. The van der Waals surface area contributed by atoms with E-state index in [4.69, 9.17) is 0 Å². The summed E-state index contributed by atoms with van der Waals surface area (Å²) in [6.45, 7) is 4.06. The van der Waals surface area contributed by atoms with Crippen LogP contribution in [0.2, 0.25) is 0 Å². The van der Waals surface area contributed by atoms with Gasteiger partial charge < -0.3 is 10.4 Å². The number of pyridine rings is 1. The maximum absolute atomic E-state index is 9.50. The Morgan fingerprint density at radius 2 is 2.12 bits per heavy atom. The second kappa shape index (κ2) is 5.61. The van der Waals surface area contributed by atoms with E-state index in [9.17, 15) is 5.11 Å². The smallest absolute Gasteiger partial charge is 0.0499 e. The van der Waals surface area contributed by atoms with Gasteiger partial charge in [0.05, 0.1) is 0 Å². The summed E-state index contributed by atoms with van der Waals surface area (Å²) >= 11 is 0. The number of nitrogens with zero attached hydrogens (tertiary/aromatic N) is 1. The number of hydrogen-bond acceptors (Lipinski definition) is 3. The lowest BCUT2D eigenvalue weighted by Crippen LogP contribution is -2.34. The van der Waals surface area contributed by atoms with E-state index in [-0.39, 0.29) is 5.41 Å². The van der Waals surface area contributed by atoms with Gasteiger partial charge in [0.2, 0.25) is 0 Å². The van der Waals surface area contributed by atoms with Crippen molar-refractivity contribution in [3.05, 3.63) is 29.6 Å². The topological polar surface area (TPSA) is 45.1 Å². The fourth-order valence-electron chi connectivity index (χ4n) is 2.59. The minimum Gasteiger partial charge on any atom is -0.396 e. The Balaban J connectivity index is 1.80. The van der Waals surface area contributed by atoms with Crippen molar-refractivity contribution in [3.63, 3.8) is 0 Å². The van der Waals surface area contributed by atoms with Crippen LogP contribution in [0.3, 0.4) is 0 Å². The molecule has 2 rings (SSSR count). The molecule has 0 spiro atoms. The molecule has 1 saturated carbocycles. The molecule has 1 heterocycles. The molecule has 3 heteroatoms. The molecular formula is C14H22N2O. The van der Waals surface area contributed by atoms with Gasteiger partial charge in [0, 0.05) is 37.0 Å². The van der Waals surface area contributed by atoms with Crippen LogP contribution in [-0.2, 0) is 6.54 Å². The van der Waals surface area contributed by atoms with Crippen LogP contribution in [0.15, 0.2) is 18.3 Å². The number of aryl methyl sites for hydroxylation is 1. The summed E-state index contributed by atoms with van der Waals surface area (Å²) in [5, 5.41) is 13.0. The van der Waals surface area contributed by atoms with Gasteiger partial charge in [-0.1, -0.05) is 18.9 Å². The molecule has 2 N–H and O–H groups in total. The average molecular weight is 234 g/mol. The number of aliphatic hydroxyl groups excluding tert-OH is 1. The van der Waals surface area contributed by atoms with E-state index < -0.39 is 0 Å². The molecular weight excluding hydrogens is 212 g/mol. The van der Waals surface area contributed by atoms with Gasteiger partial charge in [-0.2, -0.15) is 0 Å². The molecule has 1 aromatic rings. The Kier molecular flexibility index (Phi) is 4.13. The third kappa shape index (κ3) is 3.27. The Bertz CT molecular complexity index is 342. The number of hydrogen-bond donors (Lipinski definition) is 2. The maximum atomic E-state index is 9.50. The van der Waals surface area contributed by atoms with Crippen LogP contribution in [0.4, 0.5) is 0 Å². The second-order valence-electron chi connectivity index (χ2n) is 5.28. The number of nitrogens with one attached hydrogen (secondary N) is 1. The van der Waals surface area contributed by atoms with Crippen molar-refractivity contribution in [1.29, 1.82) is 0 Å². The minimum absolute atomic E-state index is 0.137. The van der Waals surface area contributed by atoms with E-state index in [1.165, 1.54) is 18.4 Å². The van der Waals surface area contributed by atoms with E-state index in [0.717, 1.165) is 31.6 Å². The zero-order valence-corrected chi connectivity index (χ0v) is 10.6. The molecule has 0 unspecified atom stereocenters. The first-order chi connectivity index (χ1) is 8.24. The maximum Gasteiger partial charge on any atom is 0.0499 e. The summed E-state index contributed by atoms with van der Waals surface area (Å²) < 4.78 is 0. The molecule has 94 valence electrons. The Hall–Kier alpha value is -0.930. The standard InChI is InChI=1S/C14H22N2O/c1-12-4-5-13(9-16-12)8-15-10-14(11-17)6-2-3-7-14/h4-5,9,15,17H,2-3,6-8,10-11H2,1H3. The summed E-state index contributed by atoms with van der Waals surface area (Å²) in [5.74, 6) is 0. The predicted octanol–water partition coefficient (Wildman–Crippen LogP) is 2.03. The third-order valence-electron chi connectivity index (χ3n) is 3.80. The van der Waals surface area contributed by atoms with Crippen molar-refractivity contribution < 1.29 is 5.11 Å². The van der Waals surface area contributed by atoms with Crippen LogP contribution in [-0.4, -0.2) is 23.2 Å². The molecule has 0 saturated heterocycles. The van der Waals surface area contributed by atoms with Crippen molar-refractivity contribution >= 4 is 0 Å². The molecule has 1 aliphatic carbocycles. The zero-order valence-electron chi connectivity index (χ0n) is 10.6. The summed E-state index contributed by atoms with van der Waals surface area (Å²) in [4.78, 5) is 4.28. The summed E-state index contributed by atoms with van der Waals surface area (Å²) in [6, 6.07) is 4.14. The molecule has 17 heavy (non-hydrogen) atoms. The Morgan fingerprint density at radius 1 is 1.35 bits per heavy atom. The molecule has 1 aliphatic rings. The second-order valence-corrected chi connectivity index (χ2v) is 5.28.